The summed E-state index contributed by atoms with van der Waals surface area (Å²) in [5.74, 6) is 0. The van der Waals surface area contributed by atoms with Gasteiger partial charge in [-0.25, -0.2) is 0 Å². The third-order valence-corrected chi connectivity index (χ3v) is 8.21. The molecule has 0 aliphatic carbocycles. The third kappa shape index (κ3) is 3.84. The maximum Gasteiger partial charge on any atom is 0.254 e. The quantitative estimate of drug-likeness (QED) is 0.602. The average Bonchev–Trinajstić information content (AvgIpc) is 2.04. The highest BCUT2D eigenvalue weighted by Gasteiger charge is 2.27. The van der Waals surface area contributed by atoms with Crippen LogP contribution in [0.3, 0.4) is 0 Å². The van der Waals surface area contributed by atoms with Crippen molar-refractivity contribution in [2.24, 2.45) is 0 Å². The molecule has 2 nitrogen and oxygen atoms in total. The van der Waals surface area contributed by atoms with Crippen molar-refractivity contribution in [1.29, 1.82) is 0 Å². The van der Waals surface area contributed by atoms with Crippen LogP contribution in [0.5, 0.6) is 0 Å². The lowest BCUT2D eigenvalue weighted by Crippen LogP contribution is -2.51. The smallest absolute Gasteiger partial charge is 0.254 e. The molecule has 0 rings (SSSR count). The van der Waals surface area contributed by atoms with Gasteiger partial charge in [-0.1, -0.05) is 13.8 Å². The molecule has 0 radical (unpaired) electrons. The lowest BCUT2D eigenvalue weighted by atomic mass is 10.4. The van der Waals surface area contributed by atoms with Gasteiger partial charge in [0.05, 0.1) is 0 Å². The highest BCUT2D eigenvalue weighted by molar-refractivity contribution is 6.70. The van der Waals surface area contributed by atoms with Crippen molar-refractivity contribution in [2.75, 3.05) is 13.1 Å². The highest BCUT2D eigenvalue weighted by atomic mass is 28.4. The van der Waals surface area contributed by atoms with Gasteiger partial charge in [-0.2, -0.15) is 0 Å². The first-order chi connectivity index (χ1) is 5.58. The Balaban J connectivity index is 4.07. The summed E-state index contributed by atoms with van der Waals surface area (Å²) < 4.78 is 8.26. The van der Waals surface area contributed by atoms with E-state index in [2.05, 4.69) is 31.5 Å². The molecule has 0 amide bonds. The van der Waals surface area contributed by atoms with Crippen molar-refractivity contribution in [3.8, 4) is 0 Å². The van der Waals surface area contributed by atoms with Gasteiger partial charge in [-0.05, 0) is 39.0 Å². The van der Waals surface area contributed by atoms with Crippen molar-refractivity contribution in [2.45, 2.75) is 39.8 Å². The normalized spacial score (nSPS) is 12.8. The summed E-state index contributed by atoms with van der Waals surface area (Å²) in [7, 11) is -0.574. The SMILES string of the molecule is CCCN(CCC)[Si](C)(C)O[SiH3]. The molecule has 0 saturated carbocycles. The second-order valence-corrected chi connectivity index (χ2v) is 8.80. The van der Waals surface area contributed by atoms with E-state index in [4.69, 9.17) is 4.12 Å². The summed E-state index contributed by atoms with van der Waals surface area (Å²) in [4.78, 5) is 0. The van der Waals surface area contributed by atoms with Gasteiger partial charge in [0.25, 0.3) is 8.48 Å². The van der Waals surface area contributed by atoms with Gasteiger partial charge in [0.1, 0.15) is 10.5 Å². The number of nitrogens with zero attached hydrogens (tertiary/aromatic N) is 1. The third-order valence-electron chi connectivity index (χ3n) is 2.25. The first-order valence-electron chi connectivity index (χ1n) is 4.88. The van der Waals surface area contributed by atoms with Crippen molar-refractivity contribution in [1.82, 2.24) is 4.57 Å². The van der Waals surface area contributed by atoms with Gasteiger partial charge in [-0.15, -0.1) is 0 Å². The van der Waals surface area contributed by atoms with E-state index < -0.39 is 8.48 Å². The van der Waals surface area contributed by atoms with Crippen LogP contribution in [0.1, 0.15) is 26.7 Å². The molecule has 12 heavy (non-hydrogen) atoms. The van der Waals surface area contributed by atoms with E-state index >= 15 is 0 Å². The molecule has 0 saturated heterocycles. The maximum absolute atomic E-state index is 5.71. The van der Waals surface area contributed by atoms with Gasteiger partial charge in [-0.3, -0.25) is 0 Å². The Hall–Kier alpha value is 0.354. The van der Waals surface area contributed by atoms with Crippen molar-refractivity contribution >= 4 is 19.0 Å². The predicted octanol–water partition coefficient (Wildman–Crippen LogP) is 1.11. The van der Waals surface area contributed by atoms with Crippen LogP contribution in [-0.4, -0.2) is 36.6 Å². The molecule has 0 aliphatic rings. The van der Waals surface area contributed by atoms with E-state index in [1.165, 1.54) is 25.9 Å². The Bertz CT molecular complexity index is 114. The fourth-order valence-electron chi connectivity index (χ4n) is 1.32. The van der Waals surface area contributed by atoms with Gasteiger partial charge >= 0.3 is 0 Å². The molecular weight excluding hydrogens is 182 g/mol. The topological polar surface area (TPSA) is 12.5 Å². The summed E-state index contributed by atoms with van der Waals surface area (Å²) in [6, 6.07) is 0. The molecule has 0 bridgehead atoms. The molecule has 0 aromatic heterocycles. The largest absolute Gasteiger partial charge is 0.453 e. The monoisotopic (exact) mass is 205 g/mol. The van der Waals surface area contributed by atoms with E-state index in [1.54, 1.807) is 0 Å². The van der Waals surface area contributed by atoms with Crippen LogP contribution < -0.4 is 0 Å². The van der Waals surface area contributed by atoms with Gasteiger partial charge < -0.3 is 8.68 Å². The Morgan fingerprint density at radius 1 is 1.17 bits per heavy atom. The zero-order chi connectivity index (χ0) is 9.61. The molecule has 4 heteroatoms. The average molecular weight is 205 g/mol. The fourth-order valence-corrected chi connectivity index (χ4v) is 3.88. The molecule has 0 fully saturated rings. The van der Waals surface area contributed by atoms with E-state index in [9.17, 15) is 0 Å². The van der Waals surface area contributed by atoms with Crippen LogP contribution in [0.2, 0.25) is 13.1 Å². The van der Waals surface area contributed by atoms with Crippen LogP contribution >= 0.6 is 0 Å². The molecule has 0 spiro atoms. The minimum atomic E-state index is -1.45. The second-order valence-electron chi connectivity index (χ2n) is 3.64. The van der Waals surface area contributed by atoms with Crippen LogP contribution in [0.4, 0.5) is 0 Å². The molecule has 0 N–H and O–H groups in total. The Kier molecular flexibility index (Phi) is 6.08. The summed E-state index contributed by atoms with van der Waals surface area (Å²) in [5, 5.41) is 0. The van der Waals surface area contributed by atoms with Crippen molar-refractivity contribution in [3.63, 3.8) is 0 Å². The lowest BCUT2D eigenvalue weighted by Gasteiger charge is -2.35. The molecular formula is C8H23NOSi2. The highest BCUT2D eigenvalue weighted by Crippen LogP contribution is 2.11. The Labute approximate surface area is 81.0 Å². The van der Waals surface area contributed by atoms with E-state index in [0.29, 0.717) is 0 Å². The van der Waals surface area contributed by atoms with Crippen LogP contribution in [-0.2, 0) is 4.12 Å². The summed E-state index contributed by atoms with van der Waals surface area (Å²) >= 11 is 0. The fraction of sp³-hybridized carbons (Fsp3) is 1.00. The summed E-state index contributed by atoms with van der Waals surface area (Å²) in [6.07, 6.45) is 2.47. The molecule has 74 valence electrons. The Morgan fingerprint density at radius 2 is 1.58 bits per heavy atom. The molecule has 0 atom stereocenters. The minimum absolute atomic E-state index is 0.880. The maximum atomic E-state index is 5.71. The zero-order valence-corrected chi connectivity index (χ0v) is 12.2. The number of hydrogen-bond donors (Lipinski definition) is 0. The lowest BCUT2D eigenvalue weighted by molar-refractivity contribution is 0.358. The molecule has 0 aromatic carbocycles. The van der Waals surface area contributed by atoms with Gasteiger partial charge in [0.15, 0.2) is 0 Å². The summed E-state index contributed by atoms with van der Waals surface area (Å²) in [6.45, 7) is 11.5. The van der Waals surface area contributed by atoms with Crippen LogP contribution in [0.15, 0.2) is 0 Å². The zero-order valence-electron chi connectivity index (χ0n) is 9.18. The molecule has 0 aliphatic heterocycles. The second kappa shape index (κ2) is 5.91. The first kappa shape index (κ1) is 12.4. The molecule has 0 aromatic rings. The first-order valence-corrected chi connectivity index (χ1v) is 8.55. The van der Waals surface area contributed by atoms with Crippen molar-refractivity contribution in [3.05, 3.63) is 0 Å². The summed E-state index contributed by atoms with van der Waals surface area (Å²) in [5.41, 5.74) is 0. The molecule has 0 unspecified atom stereocenters. The predicted molar refractivity (Wildman–Crippen MR) is 60.7 cm³/mol. The number of hydrogen-bond acceptors (Lipinski definition) is 2. The van der Waals surface area contributed by atoms with Gasteiger partial charge in [0, 0.05) is 0 Å². The van der Waals surface area contributed by atoms with Gasteiger partial charge in [0.2, 0.25) is 0 Å². The van der Waals surface area contributed by atoms with E-state index in [-0.39, 0.29) is 0 Å². The Morgan fingerprint density at radius 3 is 1.83 bits per heavy atom. The van der Waals surface area contributed by atoms with E-state index in [0.717, 1.165) is 10.5 Å². The van der Waals surface area contributed by atoms with Crippen molar-refractivity contribution < 1.29 is 4.12 Å². The standard InChI is InChI=1S/C8H23NOSi2/c1-5-7-9(8-6-2)12(3,4)10-11/h5-8H2,1-4,11H3. The minimum Gasteiger partial charge on any atom is -0.453 e. The van der Waals surface area contributed by atoms with Crippen LogP contribution in [0, 0.1) is 0 Å². The molecule has 0 heterocycles. The van der Waals surface area contributed by atoms with Crippen LogP contribution in [0.25, 0.3) is 0 Å². The van der Waals surface area contributed by atoms with E-state index in [1.807, 2.05) is 0 Å². The number of rotatable bonds is 6.